The molecular formula is C17H16N2O3S. The van der Waals surface area contributed by atoms with Crippen molar-refractivity contribution in [2.24, 2.45) is 0 Å². The highest BCUT2D eigenvalue weighted by molar-refractivity contribution is 7.18. The molecule has 0 bridgehead atoms. The van der Waals surface area contributed by atoms with Gasteiger partial charge in [0.2, 0.25) is 0 Å². The molecule has 2 N–H and O–H groups in total. The first-order chi connectivity index (χ1) is 11.2. The lowest BCUT2D eigenvalue weighted by Crippen LogP contribution is -2.28. The number of methoxy groups -OCH3 is 1. The fraction of sp³-hybridized carbons (Fsp3) is 0.176. The minimum absolute atomic E-state index is 0.291. The van der Waals surface area contributed by atoms with Crippen molar-refractivity contribution in [2.45, 2.75) is 12.6 Å². The first-order valence-electron chi connectivity index (χ1n) is 7.11. The van der Waals surface area contributed by atoms with Crippen LogP contribution in [0.2, 0.25) is 0 Å². The summed E-state index contributed by atoms with van der Waals surface area (Å²) in [7, 11) is 1.54. The molecule has 0 fully saturated rings. The number of thiazole rings is 1. The summed E-state index contributed by atoms with van der Waals surface area (Å²) in [5, 5.41) is 13.7. The highest BCUT2D eigenvalue weighted by Gasteiger charge is 2.18. The quantitative estimate of drug-likeness (QED) is 0.755. The fourth-order valence-corrected chi connectivity index (χ4v) is 3.12. The van der Waals surface area contributed by atoms with Crippen molar-refractivity contribution < 1.29 is 14.6 Å². The minimum Gasteiger partial charge on any atom is -0.497 e. The fourth-order valence-electron chi connectivity index (χ4n) is 2.22. The SMILES string of the molecule is COc1cccc(C(O)C(=O)NCc2nc3ccccc3s2)c1. The summed E-state index contributed by atoms with van der Waals surface area (Å²) in [5.74, 6) is 0.137. The Bertz CT molecular complexity index is 798. The molecule has 0 saturated heterocycles. The number of hydrogen-bond donors (Lipinski definition) is 2. The summed E-state index contributed by atoms with van der Waals surface area (Å²) in [6.07, 6.45) is -1.24. The van der Waals surface area contributed by atoms with Crippen LogP contribution in [0, 0.1) is 0 Å². The maximum absolute atomic E-state index is 12.1. The molecule has 0 aliphatic carbocycles. The molecule has 1 unspecified atom stereocenters. The van der Waals surface area contributed by atoms with E-state index in [0.29, 0.717) is 17.9 Å². The molecule has 118 valence electrons. The molecule has 3 rings (SSSR count). The summed E-state index contributed by atoms with van der Waals surface area (Å²) >= 11 is 1.53. The average molecular weight is 328 g/mol. The molecule has 6 heteroatoms. The second-order valence-electron chi connectivity index (χ2n) is 4.97. The number of aromatic nitrogens is 1. The van der Waals surface area contributed by atoms with E-state index in [4.69, 9.17) is 4.74 Å². The minimum atomic E-state index is -1.24. The predicted octanol–water partition coefficient (Wildman–Crippen LogP) is 2.65. The number of carbonyl (C=O) groups excluding carboxylic acids is 1. The number of nitrogens with zero attached hydrogens (tertiary/aromatic N) is 1. The van der Waals surface area contributed by atoms with Gasteiger partial charge in [-0.05, 0) is 29.8 Å². The molecule has 0 saturated carbocycles. The van der Waals surface area contributed by atoms with E-state index in [9.17, 15) is 9.90 Å². The number of aliphatic hydroxyl groups excluding tert-OH is 1. The van der Waals surface area contributed by atoms with E-state index < -0.39 is 12.0 Å². The average Bonchev–Trinajstić information content (AvgIpc) is 3.02. The smallest absolute Gasteiger partial charge is 0.253 e. The molecule has 5 nitrogen and oxygen atoms in total. The number of aliphatic hydroxyl groups is 1. The first kappa shape index (κ1) is 15.5. The first-order valence-corrected chi connectivity index (χ1v) is 7.93. The maximum atomic E-state index is 12.1. The van der Waals surface area contributed by atoms with Gasteiger partial charge in [0.05, 0.1) is 23.9 Å². The van der Waals surface area contributed by atoms with E-state index in [1.807, 2.05) is 24.3 Å². The molecule has 0 aliphatic rings. The Hall–Kier alpha value is -2.44. The lowest BCUT2D eigenvalue weighted by Gasteiger charge is -2.11. The van der Waals surface area contributed by atoms with Gasteiger partial charge in [-0.1, -0.05) is 24.3 Å². The number of fused-ring (bicyclic) bond motifs is 1. The van der Waals surface area contributed by atoms with E-state index in [-0.39, 0.29) is 0 Å². The van der Waals surface area contributed by atoms with Gasteiger partial charge in [0, 0.05) is 0 Å². The zero-order chi connectivity index (χ0) is 16.2. The van der Waals surface area contributed by atoms with Crippen LogP contribution >= 0.6 is 11.3 Å². The number of rotatable bonds is 5. The molecule has 0 radical (unpaired) electrons. The lowest BCUT2D eigenvalue weighted by atomic mass is 10.1. The maximum Gasteiger partial charge on any atom is 0.253 e. The van der Waals surface area contributed by atoms with Gasteiger partial charge < -0.3 is 15.2 Å². The van der Waals surface area contributed by atoms with E-state index in [1.165, 1.54) is 11.3 Å². The van der Waals surface area contributed by atoms with Crippen molar-refractivity contribution in [1.82, 2.24) is 10.3 Å². The largest absolute Gasteiger partial charge is 0.497 e. The van der Waals surface area contributed by atoms with Crippen LogP contribution in [0.1, 0.15) is 16.7 Å². The third-order valence-electron chi connectivity index (χ3n) is 3.41. The monoisotopic (exact) mass is 328 g/mol. The number of hydrogen-bond acceptors (Lipinski definition) is 5. The van der Waals surface area contributed by atoms with Gasteiger partial charge in [0.25, 0.3) is 5.91 Å². The predicted molar refractivity (Wildman–Crippen MR) is 89.4 cm³/mol. The van der Waals surface area contributed by atoms with Crippen molar-refractivity contribution >= 4 is 27.5 Å². The Kier molecular flexibility index (Phi) is 4.55. The van der Waals surface area contributed by atoms with Crippen LogP contribution in [-0.4, -0.2) is 23.1 Å². The Balaban J connectivity index is 1.66. The van der Waals surface area contributed by atoms with Crippen molar-refractivity contribution in [2.75, 3.05) is 7.11 Å². The highest BCUT2D eigenvalue weighted by atomic mass is 32.1. The van der Waals surface area contributed by atoms with Crippen LogP contribution in [0.15, 0.2) is 48.5 Å². The standard InChI is InChI=1S/C17H16N2O3S/c1-22-12-6-4-5-11(9-12)16(20)17(21)18-10-15-19-13-7-2-3-8-14(13)23-15/h2-9,16,20H,10H2,1H3,(H,18,21). The number of amides is 1. The van der Waals surface area contributed by atoms with Crippen LogP contribution in [0.25, 0.3) is 10.2 Å². The third-order valence-corrected chi connectivity index (χ3v) is 4.45. The second kappa shape index (κ2) is 6.76. The van der Waals surface area contributed by atoms with Crippen LogP contribution in [0.5, 0.6) is 5.75 Å². The lowest BCUT2D eigenvalue weighted by molar-refractivity contribution is -0.129. The van der Waals surface area contributed by atoms with E-state index in [1.54, 1.807) is 31.4 Å². The molecular weight excluding hydrogens is 312 g/mol. The summed E-state index contributed by atoms with van der Waals surface area (Å²) in [6.45, 7) is 0.291. The topological polar surface area (TPSA) is 71.5 Å². The van der Waals surface area contributed by atoms with Crippen LogP contribution in [0.4, 0.5) is 0 Å². The normalized spacial score (nSPS) is 12.1. The van der Waals surface area contributed by atoms with Crippen molar-refractivity contribution in [3.63, 3.8) is 0 Å². The van der Waals surface area contributed by atoms with Crippen molar-refractivity contribution in [1.29, 1.82) is 0 Å². The van der Waals surface area contributed by atoms with Crippen LogP contribution in [-0.2, 0) is 11.3 Å². The van der Waals surface area contributed by atoms with Gasteiger partial charge >= 0.3 is 0 Å². The molecule has 2 aromatic carbocycles. The number of nitrogens with one attached hydrogen (secondary N) is 1. The molecule has 1 amide bonds. The Morgan fingerprint density at radius 1 is 1.30 bits per heavy atom. The van der Waals surface area contributed by atoms with E-state index in [2.05, 4.69) is 10.3 Å². The van der Waals surface area contributed by atoms with Gasteiger partial charge in [-0.3, -0.25) is 4.79 Å². The van der Waals surface area contributed by atoms with Gasteiger partial charge in [-0.2, -0.15) is 0 Å². The summed E-state index contributed by atoms with van der Waals surface area (Å²) in [4.78, 5) is 16.6. The third kappa shape index (κ3) is 3.49. The zero-order valence-corrected chi connectivity index (χ0v) is 13.3. The van der Waals surface area contributed by atoms with Gasteiger partial charge in [0.15, 0.2) is 6.10 Å². The molecule has 1 atom stereocenters. The van der Waals surface area contributed by atoms with Crippen molar-refractivity contribution in [3.05, 3.63) is 59.1 Å². The van der Waals surface area contributed by atoms with Crippen LogP contribution < -0.4 is 10.1 Å². The van der Waals surface area contributed by atoms with E-state index in [0.717, 1.165) is 15.2 Å². The molecule has 3 aromatic rings. The second-order valence-corrected chi connectivity index (χ2v) is 6.09. The van der Waals surface area contributed by atoms with Crippen LogP contribution in [0.3, 0.4) is 0 Å². The van der Waals surface area contributed by atoms with Gasteiger partial charge in [0.1, 0.15) is 10.8 Å². The Morgan fingerprint density at radius 2 is 2.13 bits per heavy atom. The highest BCUT2D eigenvalue weighted by Crippen LogP contribution is 2.22. The van der Waals surface area contributed by atoms with E-state index >= 15 is 0 Å². The zero-order valence-electron chi connectivity index (χ0n) is 12.5. The molecule has 0 spiro atoms. The van der Waals surface area contributed by atoms with Crippen molar-refractivity contribution in [3.8, 4) is 5.75 Å². The molecule has 0 aliphatic heterocycles. The number of para-hydroxylation sites is 1. The number of benzene rings is 2. The number of carbonyl (C=O) groups is 1. The molecule has 23 heavy (non-hydrogen) atoms. The summed E-state index contributed by atoms with van der Waals surface area (Å²) in [6, 6.07) is 14.6. The number of ether oxygens (including phenoxy) is 1. The van der Waals surface area contributed by atoms with Gasteiger partial charge in [-0.15, -0.1) is 11.3 Å². The molecule has 1 heterocycles. The van der Waals surface area contributed by atoms with Gasteiger partial charge in [-0.25, -0.2) is 4.98 Å². The molecule has 1 aromatic heterocycles. The summed E-state index contributed by atoms with van der Waals surface area (Å²) in [5.41, 5.74) is 1.40. The Morgan fingerprint density at radius 3 is 2.91 bits per heavy atom. The Labute approximate surface area is 137 Å². The summed E-state index contributed by atoms with van der Waals surface area (Å²) < 4.78 is 6.17.